The number of carbonyl (C=O) groups excluding carboxylic acids is 2. The summed E-state index contributed by atoms with van der Waals surface area (Å²) in [7, 11) is 0. The van der Waals surface area contributed by atoms with Crippen LogP contribution in [0.5, 0.6) is 0 Å². The van der Waals surface area contributed by atoms with Gasteiger partial charge in [-0.15, -0.1) is 0 Å². The Morgan fingerprint density at radius 2 is 1.50 bits per heavy atom. The van der Waals surface area contributed by atoms with E-state index >= 15 is 0 Å². The summed E-state index contributed by atoms with van der Waals surface area (Å²) >= 11 is 0. The highest BCUT2D eigenvalue weighted by molar-refractivity contribution is 5.96. The molecule has 0 bridgehead atoms. The van der Waals surface area contributed by atoms with Crippen molar-refractivity contribution in [1.29, 1.82) is 0 Å². The first-order valence-electron chi connectivity index (χ1n) is 9.21. The zero-order valence-corrected chi connectivity index (χ0v) is 15.9. The molecule has 3 rings (SSSR count). The normalized spacial score (nSPS) is 10.6. The number of amides is 1. The van der Waals surface area contributed by atoms with E-state index in [2.05, 4.69) is 15.3 Å². The van der Waals surface area contributed by atoms with Crippen LogP contribution in [-0.4, -0.2) is 32.7 Å². The van der Waals surface area contributed by atoms with Gasteiger partial charge in [0.1, 0.15) is 5.56 Å². The Morgan fingerprint density at radius 1 is 0.933 bits per heavy atom. The quantitative estimate of drug-likeness (QED) is 0.493. The Kier molecular flexibility index (Phi) is 6.49. The average Bonchev–Trinajstić information content (AvgIpc) is 2.76. The minimum absolute atomic E-state index is 0.248. The van der Waals surface area contributed by atoms with E-state index < -0.39 is 29.3 Å². The molecule has 1 aromatic heterocycles. The lowest BCUT2D eigenvalue weighted by atomic mass is 9.98. The first-order valence-corrected chi connectivity index (χ1v) is 9.21. The molecule has 152 valence electrons. The number of hydrogen-bond donors (Lipinski definition) is 3. The van der Waals surface area contributed by atoms with Gasteiger partial charge in [-0.2, -0.15) is 0 Å². The summed E-state index contributed by atoms with van der Waals surface area (Å²) in [6.07, 6.45) is 0.351. The number of Topliss-reactive ketones (excluding diaryl/α,β-unsaturated/α-hetero) is 1. The molecular weight excluding hydrogens is 386 g/mol. The summed E-state index contributed by atoms with van der Waals surface area (Å²) in [4.78, 5) is 53.8. The summed E-state index contributed by atoms with van der Waals surface area (Å²) in [5.41, 5.74) is 0.645. The molecule has 0 fully saturated rings. The number of aliphatic carboxylic acids is 1. The minimum atomic E-state index is -1.13. The number of hydrogen-bond acceptors (Lipinski definition) is 5. The molecule has 3 N–H and O–H groups in total. The molecule has 30 heavy (non-hydrogen) atoms. The Hall–Kier alpha value is -4.07. The van der Waals surface area contributed by atoms with Crippen LogP contribution in [0, 0.1) is 0 Å². The minimum Gasteiger partial charge on any atom is -0.481 e. The summed E-state index contributed by atoms with van der Waals surface area (Å²) in [5, 5.41) is 11.5. The molecule has 0 unspecified atom stereocenters. The van der Waals surface area contributed by atoms with E-state index in [4.69, 9.17) is 5.11 Å². The zero-order valence-electron chi connectivity index (χ0n) is 15.9. The molecule has 0 radical (unpaired) electrons. The van der Waals surface area contributed by atoms with Crippen LogP contribution in [0.1, 0.15) is 51.0 Å². The van der Waals surface area contributed by atoms with Gasteiger partial charge in [-0.25, -0.2) is 4.98 Å². The van der Waals surface area contributed by atoms with Gasteiger partial charge >= 0.3 is 5.97 Å². The summed E-state index contributed by atoms with van der Waals surface area (Å²) in [6, 6.07) is 18.1. The van der Waals surface area contributed by atoms with Crippen LogP contribution in [0.25, 0.3) is 0 Å². The van der Waals surface area contributed by atoms with Crippen LogP contribution < -0.4 is 10.9 Å². The number of nitrogens with zero attached hydrogens (tertiary/aromatic N) is 1. The predicted molar refractivity (Wildman–Crippen MR) is 108 cm³/mol. The highest BCUT2D eigenvalue weighted by atomic mass is 16.4. The maximum atomic E-state index is 12.8. The van der Waals surface area contributed by atoms with Gasteiger partial charge in [0.05, 0.1) is 12.5 Å². The molecule has 1 heterocycles. The smallest absolute Gasteiger partial charge is 0.303 e. The number of aromatic nitrogens is 2. The predicted octanol–water partition coefficient (Wildman–Crippen LogP) is 2.34. The second kappa shape index (κ2) is 9.42. The van der Waals surface area contributed by atoms with E-state index in [1.54, 1.807) is 0 Å². The molecule has 0 aliphatic heterocycles. The maximum absolute atomic E-state index is 12.8. The molecule has 0 aliphatic rings. The largest absolute Gasteiger partial charge is 0.481 e. The van der Waals surface area contributed by atoms with E-state index in [1.807, 2.05) is 60.7 Å². The van der Waals surface area contributed by atoms with Crippen LogP contribution >= 0.6 is 0 Å². The van der Waals surface area contributed by atoms with Crippen LogP contribution in [0.3, 0.4) is 0 Å². The van der Waals surface area contributed by atoms with Gasteiger partial charge in [-0.3, -0.25) is 19.2 Å². The molecule has 8 nitrogen and oxygen atoms in total. The van der Waals surface area contributed by atoms with Crippen molar-refractivity contribution in [3.8, 4) is 0 Å². The standard InChI is InChI=1S/C22H19N3O5/c26-17(11-12-18(27)28)20-23-13-16(22(30)25-20)21(29)24-19(14-7-3-1-4-8-14)15-9-5-2-6-10-15/h1-10,13,19H,11-12H2,(H,24,29)(H,27,28)(H,23,25,30). The lowest BCUT2D eigenvalue weighted by molar-refractivity contribution is -0.136. The van der Waals surface area contributed by atoms with Crippen molar-refractivity contribution in [2.75, 3.05) is 0 Å². The molecule has 0 saturated heterocycles. The van der Waals surface area contributed by atoms with Gasteiger partial charge in [0, 0.05) is 12.6 Å². The number of carbonyl (C=O) groups is 3. The number of benzene rings is 2. The third kappa shape index (κ3) is 5.05. The Balaban J connectivity index is 1.83. The first kappa shape index (κ1) is 20.7. The van der Waals surface area contributed by atoms with Crippen molar-refractivity contribution in [3.05, 3.63) is 99.7 Å². The molecule has 1 amide bonds. The topological polar surface area (TPSA) is 129 Å². The SMILES string of the molecule is O=C(O)CCC(=O)c1ncc(C(=O)NC(c2ccccc2)c2ccccc2)c(=O)[nH]1. The number of aromatic amines is 1. The van der Waals surface area contributed by atoms with Crippen molar-refractivity contribution in [2.45, 2.75) is 18.9 Å². The van der Waals surface area contributed by atoms with Crippen molar-refractivity contribution in [1.82, 2.24) is 15.3 Å². The highest BCUT2D eigenvalue weighted by Gasteiger charge is 2.21. The van der Waals surface area contributed by atoms with Gasteiger partial charge < -0.3 is 15.4 Å². The summed E-state index contributed by atoms with van der Waals surface area (Å²) in [6.45, 7) is 0. The molecule has 0 aliphatic carbocycles. The molecular formula is C22H19N3O5. The third-order valence-corrected chi connectivity index (χ3v) is 4.42. The molecule has 0 saturated carbocycles. The van der Waals surface area contributed by atoms with Crippen molar-refractivity contribution < 1.29 is 19.5 Å². The van der Waals surface area contributed by atoms with E-state index in [0.717, 1.165) is 17.3 Å². The average molecular weight is 405 g/mol. The van der Waals surface area contributed by atoms with Crippen LogP contribution in [0.15, 0.2) is 71.7 Å². The number of H-pyrrole nitrogens is 1. The molecule has 2 aromatic carbocycles. The molecule has 0 atom stereocenters. The van der Waals surface area contributed by atoms with Gasteiger partial charge in [0.25, 0.3) is 11.5 Å². The number of carboxylic acid groups (broad SMARTS) is 1. The number of nitrogens with one attached hydrogen (secondary N) is 2. The molecule has 3 aromatic rings. The van der Waals surface area contributed by atoms with E-state index in [-0.39, 0.29) is 24.2 Å². The van der Waals surface area contributed by atoms with Crippen molar-refractivity contribution in [3.63, 3.8) is 0 Å². The molecule has 8 heteroatoms. The van der Waals surface area contributed by atoms with Crippen LogP contribution in [-0.2, 0) is 4.79 Å². The Labute approximate surface area is 171 Å². The van der Waals surface area contributed by atoms with Gasteiger partial charge in [-0.05, 0) is 11.1 Å². The van der Waals surface area contributed by atoms with Crippen molar-refractivity contribution in [2.24, 2.45) is 0 Å². The zero-order chi connectivity index (χ0) is 21.5. The second-order valence-electron chi connectivity index (χ2n) is 6.52. The Bertz CT molecular complexity index is 1070. The third-order valence-electron chi connectivity index (χ3n) is 4.42. The monoisotopic (exact) mass is 405 g/mol. The number of ketones is 1. The van der Waals surface area contributed by atoms with Crippen LogP contribution in [0.2, 0.25) is 0 Å². The molecule has 0 spiro atoms. The summed E-state index contributed by atoms with van der Waals surface area (Å²) in [5.74, 6) is -2.67. The second-order valence-corrected chi connectivity index (χ2v) is 6.52. The van der Waals surface area contributed by atoms with Gasteiger partial charge in [-0.1, -0.05) is 60.7 Å². The lowest BCUT2D eigenvalue weighted by Gasteiger charge is -2.19. The Morgan fingerprint density at radius 3 is 2.00 bits per heavy atom. The van der Waals surface area contributed by atoms with Gasteiger partial charge in [0.15, 0.2) is 11.6 Å². The highest BCUT2D eigenvalue weighted by Crippen LogP contribution is 2.22. The van der Waals surface area contributed by atoms with Gasteiger partial charge in [0.2, 0.25) is 0 Å². The fourth-order valence-corrected chi connectivity index (χ4v) is 2.90. The number of carboxylic acids is 1. The van der Waals surface area contributed by atoms with E-state index in [9.17, 15) is 19.2 Å². The number of rotatable bonds is 8. The first-order chi connectivity index (χ1) is 14.5. The van der Waals surface area contributed by atoms with Crippen LogP contribution in [0.4, 0.5) is 0 Å². The fourth-order valence-electron chi connectivity index (χ4n) is 2.90. The van der Waals surface area contributed by atoms with Crippen molar-refractivity contribution >= 4 is 17.7 Å². The van der Waals surface area contributed by atoms with E-state index in [1.165, 1.54) is 0 Å². The fraction of sp³-hybridized carbons (Fsp3) is 0.136. The summed E-state index contributed by atoms with van der Waals surface area (Å²) < 4.78 is 0. The van der Waals surface area contributed by atoms with E-state index in [0.29, 0.717) is 0 Å². The lowest BCUT2D eigenvalue weighted by Crippen LogP contribution is -2.34. The maximum Gasteiger partial charge on any atom is 0.303 e.